The highest BCUT2D eigenvalue weighted by Crippen LogP contribution is 2.38. The summed E-state index contributed by atoms with van der Waals surface area (Å²) in [6, 6.07) is 3.82. The lowest BCUT2D eigenvalue weighted by Gasteiger charge is -2.15. The average molecular weight is 344 g/mol. The minimum absolute atomic E-state index is 0.0953. The molecule has 0 saturated carbocycles. The van der Waals surface area contributed by atoms with Gasteiger partial charge in [0.1, 0.15) is 0 Å². The molecule has 0 aliphatic carbocycles. The predicted octanol–water partition coefficient (Wildman–Crippen LogP) is 2.13. The molecular formula is C12H10BrNO6. The van der Waals surface area contributed by atoms with Gasteiger partial charge in [0.15, 0.2) is 10.9 Å². The van der Waals surface area contributed by atoms with E-state index in [1.165, 1.54) is 12.1 Å². The lowest BCUT2D eigenvalue weighted by Crippen LogP contribution is -2.24. The molecule has 0 spiro atoms. The normalized spacial score (nSPS) is 18.1. The van der Waals surface area contributed by atoms with Crippen molar-refractivity contribution in [3.8, 4) is 0 Å². The van der Waals surface area contributed by atoms with Crippen LogP contribution >= 0.6 is 15.9 Å². The fourth-order valence-electron chi connectivity index (χ4n) is 1.89. The summed E-state index contributed by atoms with van der Waals surface area (Å²) in [7, 11) is 0. The molecule has 2 atom stereocenters. The smallest absolute Gasteiger partial charge is 0.339 e. The lowest BCUT2D eigenvalue weighted by molar-refractivity contribution is -0.384. The predicted molar refractivity (Wildman–Crippen MR) is 70.6 cm³/mol. The van der Waals surface area contributed by atoms with Crippen LogP contribution in [0.4, 0.5) is 5.69 Å². The molecule has 1 aromatic rings. The molecule has 2 rings (SSSR count). The van der Waals surface area contributed by atoms with Gasteiger partial charge in [0.25, 0.3) is 5.69 Å². The molecule has 0 bridgehead atoms. The number of nitrogens with zero attached hydrogens (tertiary/aromatic N) is 1. The van der Waals surface area contributed by atoms with Gasteiger partial charge in [-0.05, 0) is 13.0 Å². The van der Waals surface area contributed by atoms with Crippen LogP contribution in [0.2, 0.25) is 0 Å². The highest BCUT2D eigenvalue weighted by Gasteiger charge is 2.40. The second-order valence-electron chi connectivity index (χ2n) is 4.01. The van der Waals surface area contributed by atoms with E-state index in [1.54, 1.807) is 6.92 Å². The molecule has 7 nitrogen and oxygen atoms in total. The lowest BCUT2D eigenvalue weighted by atomic mass is 10.0. The third-order valence-corrected chi connectivity index (χ3v) is 3.64. The van der Waals surface area contributed by atoms with Gasteiger partial charge < -0.3 is 9.47 Å². The van der Waals surface area contributed by atoms with E-state index in [2.05, 4.69) is 15.9 Å². The second kappa shape index (κ2) is 5.58. The first-order valence-corrected chi connectivity index (χ1v) is 6.67. The van der Waals surface area contributed by atoms with E-state index in [1.807, 2.05) is 0 Å². The summed E-state index contributed by atoms with van der Waals surface area (Å²) in [5.41, 5.74) is 0.317. The molecule has 1 aromatic carbocycles. The third kappa shape index (κ3) is 2.51. The van der Waals surface area contributed by atoms with Crippen LogP contribution in [0.3, 0.4) is 0 Å². The maximum Gasteiger partial charge on any atom is 0.339 e. The van der Waals surface area contributed by atoms with Crippen molar-refractivity contribution in [1.82, 2.24) is 0 Å². The molecular weight excluding hydrogens is 334 g/mol. The van der Waals surface area contributed by atoms with Crippen molar-refractivity contribution in [1.29, 1.82) is 0 Å². The van der Waals surface area contributed by atoms with Gasteiger partial charge in [0.05, 0.1) is 17.1 Å². The van der Waals surface area contributed by atoms with Gasteiger partial charge in [0.2, 0.25) is 0 Å². The molecule has 0 amide bonds. The van der Waals surface area contributed by atoms with Crippen molar-refractivity contribution >= 4 is 33.6 Å². The average Bonchev–Trinajstić information content (AvgIpc) is 2.75. The first-order valence-electron chi connectivity index (χ1n) is 5.75. The molecule has 106 valence electrons. The summed E-state index contributed by atoms with van der Waals surface area (Å²) in [6.07, 6.45) is -0.850. The monoisotopic (exact) mass is 343 g/mol. The van der Waals surface area contributed by atoms with Crippen LogP contribution in [-0.2, 0) is 14.3 Å². The zero-order valence-electron chi connectivity index (χ0n) is 10.4. The number of carbonyl (C=O) groups is 2. The molecule has 1 aliphatic heterocycles. The number of rotatable bonds is 4. The largest absolute Gasteiger partial charge is 0.465 e. The second-order valence-corrected chi connectivity index (χ2v) is 4.99. The van der Waals surface area contributed by atoms with Crippen molar-refractivity contribution in [3.05, 3.63) is 39.4 Å². The maximum atomic E-state index is 11.7. The number of non-ortho nitro benzene ring substituents is 1. The molecule has 0 fully saturated rings. The number of carbonyl (C=O) groups excluding carboxylic acids is 2. The van der Waals surface area contributed by atoms with Gasteiger partial charge in [-0.2, -0.15) is 0 Å². The summed E-state index contributed by atoms with van der Waals surface area (Å²) in [5, 5.41) is 10.7. The van der Waals surface area contributed by atoms with E-state index >= 15 is 0 Å². The molecule has 0 N–H and O–H groups in total. The number of alkyl halides is 1. The van der Waals surface area contributed by atoms with Crippen LogP contribution in [0, 0.1) is 10.1 Å². The molecule has 8 heteroatoms. The number of halogens is 1. The Bertz CT molecular complexity index is 587. The molecule has 1 aliphatic rings. The van der Waals surface area contributed by atoms with Crippen LogP contribution < -0.4 is 0 Å². The Labute approximate surface area is 122 Å². The number of ether oxygens (including phenoxy) is 2. The van der Waals surface area contributed by atoms with Gasteiger partial charge in [-0.25, -0.2) is 4.79 Å². The van der Waals surface area contributed by atoms with Gasteiger partial charge in [-0.3, -0.25) is 14.9 Å². The number of nitro groups is 1. The van der Waals surface area contributed by atoms with Crippen molar-refractivity contribution < 1.29 is 24.0 Å². The van der Waals surface area contributed by atoms with Crippen molar-refractivity contribution in [2.75, 3.05) is 6.61 Å². The Morgan fingerprint density at radius 3 is 2.90 bits per heavy atom. The molecule has 0 saturated heterocycles. The number of hydrogen-bond donors (Lipinski definition) is 0. The van der Waals surface area contributed by atoms with E-state index in [0.717, 1.165) is 6.07 Å². The highest BCUT2D eigenvalue weighted by atomic mass is 79.9. The Balaban J connectivity index is 2.33. The Morgan fingerprint density at radius 1 is 1.60 bits per heavy atom. The first-order chi connectivity index (χ1) is 9.45. The standard InChI is InChI=1S/C12H10BrNO6/c1-2-19-12(16)9(13)10-7-4-3-6(14(17)18)5-8(7)11(15)20-10/h3-5,9-10H,2H2,1H3/t9-,10-/m1/s1. The minimum atomic E-state index is -0.853. The van der Waals surface area contributed by atoms with Gasteiger partial charge in [0, 0.05) is 17.7 Å². The van der Waals surface area contributed by atoms with E-state index in [4.69, 9.17) is 9.47 Å². The SMILES string of the molecule is CCOC(=O)[C@H](Br)[C@@H]1OC(=O)c2cc([N+](=O)[O-])ccc21. The zero-order chi connectivity index (χ0) is 14.9. The summed E-state index contributed by atoms with van der Waals surface area (Å²) in [4.78, 5) is 32.6. The van der Waals surface area contributed by atoms with Gasteiger partial charge >= 0.3 is 11.9 Å². The first kappa shape index (κ1) is 14.4. The highest BCUT2D eigenvalue weighted by molar-refractivity contribution is 9.10. The minimum Gasteiger partial charge on any atom is -0.465 e. The number of benzene rings is 1. The zero-order valence-corrected chi connectivity index (χ0v) is 12.0. The summed E-state index contributed by atoms with van der Waals surface area (Å²) in [5.74, 6) is -1.25. The molecule has 0 unspecified atom stereocenters. The van der Waals surface area contributed by atoms with E-state index in [0.29, 0.717) is 5.56 Å². The summed E-state index contributed by atoms with van der Waals surface area (Å²) in [6.45, 7) is 1.87. The number of nitro benzene ring substituents is 1. The molecule has 1 heterocycles. The van der Waals surface area contributed by atoms with Crippen LogP contribution in [0.5, 0.6) is 0 Å². The summed E-state index contributed by atoms with van der Waals surface area (Å²) >= 11 is 3.13. The molecule has 0 aromatic heterocycles. The fraction of sp³-hybridized carbons (Fsp3) is 0.333. The Hall–Kier alpha value is -1.96. The Morgan fingerprint density at radius 2 is 2.30 bits per heavy atom. The van der Waals surface area contributed by atoms with Gasteiger partial charge in [-0.1, -0.05) is 15.9 Å². The van der Waals surface area contributed by atoms with Crippen LogP contribution in [0.25, 0.3) is 0 Å². The number of hydrogen-bond acceptors (Lipinski definition) is 6. The number of fused-ring (bicyclic) bond motifs is 1. The number of esters is 2. The topological polar surface area (TPSA) is 95.7 Å². The summed E-state index contributed by atoms with van der Waals surface area (Å²) < 4.78 is 9.93. The van der Waals surface area contributed by atoms with E-state index < -0.39 is 27.8 Å². The molecule has 20 heavy (non-hydrogen) atoms. The quantitative estimate of drug-likeness (QED) is 0.359. The van der Waals surface area contributed by atoms with Crippen LogP contribution in [0.1, 0.15) is 28.9 Å². The van der Waals surface area contributed by atoms with Gasteiger partial charge in [-0.15, -0.1) is 0 Å². The third-order valence-electron chi connectivity index (χ3n) is 2.79. The number of cyclic esters (lactones) is 1. The van der Waals surface area contributed by atoms with E-state index in [9.17, 15) is 19.7 Å². The van der Waals surface area contributed by atoms with Crippen molar-refractivity contribution in [3.63, 3.8) is 0 Å². The van der Waals surface area contributed by atoms with E-state index in [-0.39, 0.29) is 17.9 Å². The van der Waals surface area contributed by atoms with Crippen molar-refractivity contribution in [2.24, 2.45) is 0 Å². The van der Waals surface area contributed by atoms with Crippen molar-refractivity contribution in [2.45, 2.75) is 17.9 Å². The Kier molecular flexibility index (Phi) is 4.03. The van der Waals surface area contributed by atoms with Crippen LogP contribution in [0.15, 0.2) is 18.2 Å². The van der Waals surface area contributed by atoms with Crippen LogP contribution in [-0.4, -0.2) is 28.3 Å². The molecule has 0 radical (unpaired) electrons. The fourth-order valence-corrected chi connectivity index (χ4v) is 2.41. The maximum absolute atomic E-state index is 11.7.